The Morgan fingerprint density at radius 2 is 1.71 bits per heavy atom. The third kappa shape index (κ3) is 4.82. The fourth-order valence-corrected chi connectivity index (χ4v) is 2.02. The predicted octanol–water partition coefficient (Wildman–Crippen LogP) is 2.75. The van der Waals surface area contributed by atoms with Crippen molar-refractivity contribution in [3.63, 3.8) is 0 Å². The maximum absolute atomic E-state index is 12.3. The van der Waals surface area contributed by atoms with Gasteiger partial charge in [0.25, 0.3) is 5.91 Å². The van der Waals surface area contributed by atoms with Gasteiger partial charge < -0.3 is 19.5 Å². The van der Waals surface area contributed by atoms with Crippen molar-refractivity contribution in [1.82, 2.24) is 0 Å². The van der Waals surface area contributed by atoms with Crippen molar-refractivity contribution in [2.45, 2.75) is 0 Å². The van der Waals surface area contributed by atoms with Gasteiger partial charge in [0.1, 0.15) is 12.4 Å². The van der Waals surface area contributed by atoms with Crippen LogP contribution < -0.4 is 10.1 Å². The molecule has 0 bridgehead atoms. The minimum absolute atomic E-state index is 0.321. The van der Waals surface area contributed by atoms with E-state index in [9.17, 15) is 9.59 Å². The number of anilines is 1. The molecule has 0 saturated heterocycles. The molecule has 0 aliphatic rings. The number of ether oxygens (including phenoxy) is 3. The summed E-state index contributed by atoms with van der Waals surface area (Å²) in [6, 6.07) is 13.4. The molecule has 126 valence electrons. The summed E-state index contributed by atoms with van der Waals surface area (Å²) < 4.78 is 15.1. The normalized spacial score (nSPS) is 10.1. The van der Waals surface area contributed by atoms with Crippen LogP contribution in [0.15, 0.2) is 48.5 Å². The third-order valence-corrected chi connectivity index (χ3v) is 3.19. The lowest BCUT2D eigenvalue weighted by Gasteiger charge is -2.09. The molecule has 1 N–H and O–H groups in total. The first-order valence-corrected chi connectivity index (χ1v) is 7.35. The van der Waals surface area contributed by atoms with Crippen LogP contribution in [0.2, 0.25) is 0 Å². The Morgan fingerprint density at radius 1 is 0.958 bits per heavy atom. The average molecular weight is 329 g/mol. The van der Waals surface area contributed by atoms with Gasteiger partial charge in [-0.25, -0.2) is 4.79 Å². The summed E-state index contributed by atoms with van der Waals surface area (Å²) in [4.78, 5) is 23.9. The molecule has 0 unspecified atom stereocenters. The van der Waals surface area contributed by atoms with Crippen molar-refractivity contribution in [3.8, 4) is 5.75 Å². The Labute approximate surface area is 140 Å². The zero-order valence-electron chi connectivity index (χ0n) is 13.6. The number of carbonyl (C=O) groups excluding carboxylic acids is 2. The molecule has 2 aromatic carbocycles. The number of methoxy groups -OCH3 is 2. The quantitative estimate of drug-likeness (QED) is 0.624. The SMILES string of the molecule is COCCOc1cccc(NC(=O)c2cccc(C(=O)OC)c2)c1. The first-order valence-electron chi connectivity index (χ1n) is 7.35. The Bertz CT molecular complexity index is 714. The second kappa shape index (κ2) is 8.69. The third-order valence-electron chi connectivity index (χ3n) is 3.19. The van der Waals surface area contributed by atoms with Crippen LogP contribution in [0.5, 0.6) is 5.75 Å². The number of amides is 1. The van der Waals surface area contributed by atoms with Crippen molar-refractivity contribution in [2.24, 2.45) is 0 Å². The number of carbonyl (C=O) groups is 2. The predicted molar refractivity (Wildman–Crippen MR) is 89.5 cm³/mol. The first kappa shape index (κ1) is 17.5. The lowest BCUT2D eigenvalue weighted by Crippen LogP contribution is -2.13. The van der Waals surface area contributed by atoms with Gasteiger partial charge in [-0.2, -0.15) is 0 Å². The van der Waals surface area contributed by atoms with Crippen LogP contribution >= 0.6 is 0 Å². The number of hydrogen-bond acceptors (Lipinski definition) is 5. The Balaban J connectivity index is 2.06. The zero-order chi connectivity index (χ0) is 17.4. The molecule has 2 rings (SSSR count). The fourth-order valence-electron chi connectivity index (χ4n) is 2.02. The van der Waals surface area contributed by atoms with Gasteiger partial charge in [0, 0.05) is 24.4 Å². The van der Waals surface area contributed by atoms with Crippen molar-refractivity contribution >= 4 is 17.6 Å². The minimum Gasteiger partial charge on any atom is -0.491 e. The van der Waals surface area contributed by atoms with E-state index in [1.165, 1.54) is 13.2 Å². The molecule has 1 amide bonds. The van der Waals surface area contributed by atoms with Crippen molar-refractivity contribution < 1.29 is 23.8 Å². The fraction of sp³-hybridized carbons (Fsp3) is 0.222. The largest absolute Gasteiger partial charge is 0.491 e. The maximum Gasteiger partial charge on any atom is 0.337 e. The molecule has 0 heterocycles. The van der Waals surface area contributed by atoms with Gasteiger partial charge in [-0.3, -0.25) is 4.79 Å². The highest BCUT2D eigenvalue weighted by Crippen LogP contribution is 2.18. The summed E-state index contributed by atoms with van der Waals surface area (Å²) in [7, 11) is 2.90. The molecule has 0 aliphatic carbocycles. The second-order valence-electron chi connectivity index (χ2n) is 4.90. The summed E-state index contributed by atoms with van der Waals surface area (Å²) in [6.45, 7) is 0.909. The van der Waals surface area contributed by atoms with E-state index in [4.69, 9.17) is 9.47 Å². The number of rotatable bonds is 7. The van der Waals surface area contributed by atoms with Gasteiger partial charge >= 0.3 is 5.97 Å². The molecule has 0 radical (unpaired) electrons. The Kier molecular flexibility index (Phi) is 6.33. The molecule has 6 heteroatoms. The van der Waals surface area contributed by atoms with E-state index in [1.54, 1.807) is 49.6 Å². The van der Waals surface area contributed by atoms with Crippen LogP contribution in [-0.4, -0.2) is 39.3 Å². The molecule has 0 aliphatic heterocycles. The van der Waals surface area contributed by atoms with Gasteiger partial charge in [0.2, 0.25) is 0 Å². The standard InChI is InChI=1S/C18H19NO5/c1-22-9-10-24-16-8-4-7-15(12-16)19-17(20)13-5-3-6-14(11-13)18(21)23-2/h3-8,11-12H,9-10H2,1-2H3,(H,19,20). The smallest absolute Gasteiger partial charge is 0.337 e. The number of hydrogen-bond donors (Lipinski definition) is 1. The molecule has 0 atom stereocenters. The lowest BCUT2D eigenvalue weighted by molar-refractivity contribution is 0.0600. The summed E-state index contributed by atoms with van der Waals surface area (Å²) in [5.74, 6) is -0.179. The first-order chi connectivity index (χ1) is 11.6. The van der Waals surface area contributed by atoms with E-state index in [0.29, 0.717) is 35.8 Å². The Morgan fingerprint density at radius 3 is 2.46 bits per heavy atom. The zero-order valence-corrected chi connectivity index (χ0v) is 13.6. The van der Waals surface area contributed by atoms with Crippen LogP contribution in [0.3, 0.4) is 0 Å². The monoisotopic (exact) mass is 329 g/mol. The van der Waals surface area contributed by atoms with E-state index in [1.807, 2.05) is 0 Å². The van der Waals surface area contributed by atoms with Crippen LogP contribution in [0.4, 0.5) is 5.69 Å². The average Bonchev–Trinajstić information content (AvgIpc) is 2.61. The Hall–Kier alpha value is -2.86. The molecule has 0 spiro atoms. The number of nitrogens with one attached hydrogen (secondary N) is 1. The van der Waals surface area contributed by atoms with Crippen molar-refractivity contribution in [1.29, 1.82) is 0 Å². The molecule has 0 aromatic heterocycles. The highest BCUT2D eigenvalue weighted by Gasteiger charge is 2.11. The molecule has 2 aromatic rings. The van der Waals surface area contributed by atoms with E-state index >= 15 is 0 Å². The molecule has 0 fully saturated rings. The van der Waals surface area contributed by atoms with Crippen molar-refractivity contribution in [2.75, 3.05) is 32.8 Å². The highest BCUT2D eigenvalue weighted by molar-refractivity contribution is 6.05. The minimum atomic E-state index is -0.488. The maximum atomic E-state index is 12.3. The van der Waals surface area contributed by atoms with Crippen LogP contribution in [0.1, 0.15) is 20.7 Å². The summed E-state index contributed by atoms with van der Waals surface area (Å²) in [6.07, 6.45) is 0. The van der Waals surface area contributed by atoms with E-state index in [0.717, 1.165) is 0 Å². The second-order valence-corrected chi connectivity index (χ2v) is 4.90. The van der Waals surface area contributed by atoms with Crippen LogP contribution in [0, 0.1) is 0 Å². The van der Waals surface area contributed by atoms with E-state index in [2.05, 4.69) is 10.1 Å². The lowest BCUT2D eigenvalue weighted by atomic mass is 10.1. The van der Waals surface area contributed by atoms with Gasteiger partial charge in [-0.05, 0) is 30.3 Å². The van der Waals surface area contributed by atoms with E-state index in [-0.39, 0.29) is 5.91 Å². The molecule has 24 heavy (non-hydrogen) atoms. The van der Waals surface area contributed by atoms with Gasteiger partial charge in [-0.1, -0.05) is 12.1 Å². The van der Waals surface area contributed by atoms with Crippen LogP contribution in [-0.2, 0) is 9.47 Å². The molecule has 0 saturated carbocycles. The molecule has 6 nitrogen and oxygen atoms in total. The number of esters is 1. The summed E-state index contributed by atoms with van der Waals surface area (Å²) in [5, 5.41) is 2.77. The number of benzene rings is 2. The van der Waals surface area contributed by atoms with Crippen molar-refractivity contribution in [3.05, 3.63) is 59.7 Å². The van der Waals surface area contributed by atoms with Gasteiger partial charge in [-0.15, -0.1) is 0 Å². The molecular weight excluding hydrogens is 310 g/mol. The summed E-state index contributed by atoms with van der Waals surface area (Å²) >= 11 is 0. The van der Waals surface area contributed by atoms with Crippen LogP contribution in [0.25, 0.3) is 0 Å². The molecular formula is C18H19NO5. The van der Waals surface area contributed by atoms with E-state index < -0.39 is 5.97 Å². The van der Waals surface area contributed by atoms with Gasteiger partial charge in [0.15, 0.2) is 0 Å². The summed E-state index contributed by atoms with van der Waals surface area (Å²) in [5.41, 5.74) is 1.28. The topological polar surface area (TPSA) is 73.9 Å². The van der Waals surface area contributed by atoms with Gasteiger partial charge in [0.05, 0.1) is 19.3 Å². The highest BCUT2D eigenvalue weighted by atomic mass is 16.5.